The Morgan fingerprint density at radius 2 is 1.17 bits per heavy atom. The number of likely N-dealkylation sites (tertiary alicyclic amines) is 2. The summed E-state index contributed by atoms with van der Waals surface area (Å²) in [5.41, 5.74) is 1.68. The van der Waals surface area contributed by atoms with E-state index in [9.17, 15) is 29.4 Å². The highest BCUT2D eigenvalue weighted by Gasteiger charge is 2.46. The number of carbonyl (C=O) groups is 4. The van der Waals surface area contributed by atoms with Crippen LogP contribution in [0.1, 0.15) is 52.2 Å². The molecule has 12 nitrogen and oxygen atoms in total. The van der Waals surface area contributed by atoms with E-state index in [0.29, 0.717) is 6.42 Å². The Kier molecular flexibility index (Phi) is 13.8. The van der Waals surface area contributed by atoms with Crippen molar-refractivity contribution < 1.29 is 48.4 Å². The first-order chi connectivity index (χ1) is 21.1. The van der Waals surface area contributed by atoms with Gasteiger partial charge in [-0.1, -0.05) is 88.9 Å². The number of rotatable bonds is 8. The smallest absolute Gasteiger partial charge is 0.410 e. The van der Waals surface area contributed by atoms with Gasteiger partial charge in [-0.05, 0) is 29.3 Å². The van der Waals surface area contributed by atoms with E-state index in [1.165, 1.54) is 4.90 Å². The van der Waals surface area contributed by atoms with Gasteiger partial charge in [-0.3, -0.25) is 9.80 Å². The van der Waals surface area contributed by atoms with Crippen molar-refractivity contribution in [3.8, 4) is 0 Å². The summed E-state index contributed by atoms with van der Waals surface area (Å²) in [5, 5.41) is 27.9. The molecule has 2 saturated heterocycles. The molecule has 0 aliphatic carbocycles. The SMILES string of the molecule is C.CC(C)(C)[Si](C)(C)O[C@@H]1C[C@@H](C(=O)O)N(C(=O)OCc2ccccc2)C1.O=C(O)[C@@H]1C[C@@H](O)CN1C(=O)OCc1ccccc1. The predicted molar refractivity (Wildman–Crippen MR) is 174 cm³/mol. The first kappa shape index (κ1) is 38.2. The average molecular weight is 661 g/mol. The van der Waals surface area contributed by atoms with Crippen LogP contribution in [0.5, 0.6) is 0 Å². The van der Waals surface area contributed by atoms with E-state index in [1.807, 2.05) is 48.5 Å². The fourth-order valence-corrected chi connectivity index (χ4v) is 6.12. The number of ether oxygens (including phenoxy) is 2. The number of hydrogen-bond donors (Lipinski definition) is 3. The molecule has 2 aromatic rings. The maximum atomic E-state index is 12.4. The molecule has 13 heteroatoms. The summed E-state index contributed by atoms with van der Waals surface area (Å²) in [7, 11) is -2.04. The van der Waals surface area contributed by atoms with Crippen LogP contribution in [0.4, 0.5) is 9.59 Å². The van der Waals surface area contributed by atoms with Crippen LogP contribution in [0.15, 0.2) is 60.7 Å². The fourth-order valence-electron chi connectivity index (χ4n) is 4.77. The van der Waals surface area contributed by atoms with Crippen molar-refractivity contribution >= 4 is 32.4 Å². The van der Waals surface area contributed by atoms with Crippen LogP contribution in [0.25, 0.3) is 0 Å². The van der Waals surface area contributed by atoms with Gasteiger partial charge in [-0.25, -0.2) is 19.2 Å². The van der Waals surface area contributed by atoms with Gasteiger partial charge < -0.3 is 29.2 Å². The van der Waals surface area contributed by atoms with Gasteiger partial charge >= 0.3 is 24.1 Å². The van der Waals surface area contributed by atoms with Gasteiger partial charge in [-0.2, -0.15) is 0 Å². The van der Waals surface area contributed by atoms with E-state index in [2.05, 4.69) is 33.9 Å². The molecular formula is C33H48N2O10Si. The second kappa shape index (κ2) is 16.6. The molecule has 0 saturated carbocycles. The van der Waals surface area contributed by atoms with Crippen molar-refractivity contribution in [1.29, 1.82) is 0 Å². The lowest BCUT2D eigenvalue weighted by atomic mass is 10.2. The van der Waals surface area contributed by atoms with Crippen LogP contribution in [0, 0.1) is 0 Å². The second-order valence-electron chi connectivity index (χ2n) is 12.7. The predicted octanol–water partition coefficient (Wildman–Crippen LogP) is 5.35. The van der Waals surface area contributed by atoms with Crippen LogP contribution >= 0.6 is 0 Å². The molecule has 0 aromatic heterocycles. The van der Waals surface area contributed by atoms with Crippen molar-refractivity contribution in [2.24, 2.45) is 0 Å². The molecule has 2 heterocycles. The zero-order valence-electron chi connectivity index (χ0n) is 26.4. The molecule has 0 spiro atoms. The Morgan fingerprint density at radius 1 is 0.761 bits per heavy atom. The number of nitrogens with zero attached hydrogens (tertiary/aromatic N) is 2. The first-order valence-electron chi connectivity index (χ1n) is 14.8. The Labute approximate surface area is 272 Å². The largest absolute Gasteiger partial charge is 0.480 e. The van der Waals surface area contributed by atoms with E-state index in [0.717, 1.165) is 16.0 Å². The third kappa shape index (κ3) is 10.6. The standard InChI is InChI=1S/C19H29NO5Si.C13H15NO5.CH4/c1-19(2,3)26(4,5)25-15-11-16(17(21)22)20(12-15)18(23)24-13-14-9-7-6-8-10-14;15-10-6-11(12(16)17)14(7-10)13(18)19-8-9-4-2-1-3-5-9;/h6-10,15-16H,11-13H2,1-5H3,(H,21,22);1-5,10-11,15H,6-8H2,(H,16,17);1H4/t15-,16+;10-,11+;/m11./s1. The minimum Gasteiger partial charge on any atom is -0.480 e. The number of carboxylic acids is 2. The maximum absolute atomic E-state index is 12.4. The molecule has 2 fully saturated rings. The Balaban J connectivity index is 0.000000328. The van der Waals surface area contributed by atoms with Gasteiger partial charge in [0, 0.05) is 19.4 Å². The van der Waals surface area contributed by atoms with Crippen LogP contribution < -0.4 is 0 Å². The number of β-amino-alcohol motifs (C(OH)–C–C–N with tert-alkyl or cyclic N) is 1. The lowest BCUT2D eigenvalue weighted by molar-refractivity contribution is -0.142. The number of carbonyl (C=O) groups excluding carboxylic acids is 2. The second-order valence-corrected chi connectivity index (χ2v) is 17.5. The molecule has 254 valence electrons. The van der Waals surface area contributed by atoms with Crippen molar-refractivity contribution in [2.45, 2.75) is 96.7 Å². The van der Waals surface area contributed by atoms with E-state index < -0.39 is 50.6 Å². The summed E-state index contributed by atoms with van der Waals surface area (Å²) in [6.07, 6.45) is -2.08. The Hall–Kier alpha value is -3.94. The average Bonchev–Trinajstić information content (AvgIpc) is 3.59. The number of hydrogen-bond acceptors (Lipinski definition) is 8. The summed E-state index contributed by atoms with van der Waals surface area (Å²) in [6.45, 7) is 11.1. The molecule has 46 heavy (non-hydrogen) atoms. The molecular weight excluding hydrogens is 612 g/mol. The molecule has 0 bridgehead atoms. The van der Waals surface area contributed by atoms with Crippen LogP contribution in [-0.4, -0.2) is 94.9 Å². The van der Waals surface area contributed by atoms with Gasteiger partial charge in [0.1, 0.15) is 25.3 Å². The van der Waals surface area contributed by atoms with E-state index in [4.69, 9.17) is 19.0 Å². The van der Waals surface area contributed by atoms with Crippen molar-refractivity contribution in [3.05, 3.63) is 71.8 Å². The molecule has 2 amide bonds. The molecule has 4 rings (SSSR count). The monoisotopic (exact) mass is 660 g/mol. The molecule has 2 aliphatic rings. The molecule has 4 atom stereocenters. The number of aliphatic hydroxyl groups excluding tert-OH is 1. The van der Waals surface area contributed by atoms with Gasteiger partial charge in [0.05, 0.1) is 18.8 Å². The van der Waals surface area contributed by atoms with Crippen LogP contribution in [-0.2, 0) is 36.7 Å². The van der Waals surface area contributed by atoms with Crippen molar-refractivity contribution in [2.75, 3.05) is 13.1 Å². The minimum atomic E-state index is -2.04. The highest BCUT2D eigenvalue weighted by Crippen LogP contribution is 2.39. The molecule has 2 aliphatic heterocycles. The van der Waals surface area contributed by atoms with E-state index in [-0.39, 0.29) is 51.3 Å². The highest BCUT2D eigenvalue weighted by molar-refractivity contribution is 6.74. The number of aliphatic carboxylic acids is 2. The third-order valence-corrected chi connectivity index (χ3v) is 12.8. The summed E-state index contributed by atoms with van der Waals surface area (Å²) in [5.74, 6) is -2.16. The quantitative estimate of drug-likeness (QED) is 0.315. The van der Waals surface area contributed by atoms with Crippen molar-refractivity contribution in [1.82, 2.24) is 9.80 Å². The van der Waals surface area contributed by atoms with Gasteiger partial charge in [0.15, 0.2) is 8.32 Å². The van der Waals surface area contributed by atoms with E-state index >= 15 is 0 Å². The van der Waals surface area contributed by atoms with Crippen molar-refractivity contribution in [3.63, 3.8) is 0 Å². The van der Waals surface area contributed by atoms with Gasteiger partial charge in [-0.15, -0.1) is 0 Å². The topological polar surface area (TPSA) is 163 Å². The Bertz CT molecular complexity index is 1300. The Morgan fingerprint density at radius 3 is 1.59 bits per heavy atom. The zero-order chi connectivity index (χ0) is 33.4. The molecule has 2 aromatic carbocycles. The summed E-state index contributed by atoms with van der Waals surface area (Å²) in [4.78, 5) is 49.2. The van der Waals surface area contributed by atoms with Gasteiger partial charge in [0.25, 0.3) is 0 Å². The van der Waals surface area contributed by atoms with Crippen LogP contribution in [0.3, 0.4) is 0 Å². The number of amides is 2. The molecule has 3 N–H and O–H groups in total. The van der Waals surface area contributed by atoms with E-state index in [1.54, 1.807) is 12.1 Å². The number of aliphatic hydroxyl groups is 1. The van der Waals surface area contributed by atoms with Gasteiger partial charge in [0.2, 0.25) is 0 Å². The first-order valence-corrected chi connectivity index (χ1v) is 17.8. The molecule has 0 radical (unpaired) electrons. The maximum Gasteiger partial charge on any atom is 0.410 e. The normalized spacial score (nSPS) is 21.0. The highest BCUT2D eigenvalue weighted by atomic mass is 28.4. The van der Waals surface area contributed by atoms with Crippen LogP contribution in [0.2, 0.25) is 18.1 Å². The number of benzene rings is 2. The fraction of sp³-hybridized carbons (Fsp3) is 0.515. The lowest BCUT2D eigenvalue weighted by Crippen LogP contribution is -2.45. The minimum absolute atomic E-state index is 0. The third-order valence-electron chi connectivity index (χ3n) is 8.26. The number of carboxylic acid groups (broad SMARTS) is 2. The zero-order valence-corrected chi connectivity index (χ0v) is 27.4. The summed E-state index contributed by atoms with van der Waals surface area (Å²) in [6, 6.07) is 16.5. The summed E-state index contributed by atoms with van der Waals surface area (Å²) < 4.78 is 16.7. The molecule has 0 unspecified atom stereocenters. The summed E-state index contributed by atoms with van der Waals surface area (Å²) >= 11 is 0. The lowest BCUT2D eigenvalue weighted by Gasteiger charge is -2.38.